The molecule has 0 saturated carbocycles. The lowest BCUT2D eigenvalue weighted by Gasteiger charge is -2.10. The summed E-state index contributed by atoms with van der Waals surface area (Å²) in [5.41, 5.74) is 8.59. The van der Waals surface area contributed by atoms with Crippen molar-refractivity contribution in [3.63, 3.8) is 0 Å². The van der Waals surface area contributed by atoms with Crippen molar-refractivity contribution in [2.75, 3.05) is 0 Å². The number of hydrogen-bond donors (Lipinski definition) is 0. The number of aromatic nitrogens is 3. The van der Waals surface area contributed by atoms with Crippen molar-refractivity contribution in [3.8, 4) is 28.3 Å². The molecule has 4 nitrogen and oxygen atoms in total. The number of furan rings is 1. The van der Waals surface area contributed by atoms with Crippen molar-refractivity contribution < 1.29 is 4.42 Å². The highest BCUT2D eigenvalue weighted by Gasteiger charge is 2.19. The summed E-state index contributed by atoms with van der Waals surface area (Å²) in [6.45, 7) is 0. The highest BCUT2D eigenvalue weighted by molar-refractivity contribution is 7.25. The first-order valence-corrected chi connectivity index (χ1v) is 15.8. The van der Waals surface area contributed by atoms with Crippen LogP contribution in [0.5, 0.6) is 0 Å². The monoisotopic (exact) mass is 593 g/mol. The van der Waals surface area contributed by atoms with E-state index in [1.54, 1.807) is 0 Å². The molecule has 0 atom stereocenters. The Balaban J connectivity index is 1.18. The first-order valence-electron chi connectivity index (χ1n) is 15.0. The second-order valence-electron chi connectivity index (χ2n) is 11.4. The van der Waals surface area contributed by atoms with Crippen LogP contribution in [0.3, 0.4) is 0 Å². The maximum absolute atomic E-state index is 6.30. The molecule has 4 heterocycles. The normalized spacial score (nSPS) is 12.0. The largest absolute Gasteiger partial charge is 0.452 e. The second-order valence-corrected chi connectivity index (χ2v) is 12.5. The van der Waals surface area contributed by atoms with E-state index >= 15 is 0 Å². The molecule has 5 heteroatoms. The molecule has 0 saturated heterocycles. The number of hydrogen-bond acceptors (Lipinski definition) is 4. The van der Waals surface area contributed by atoms with E-state index in [2.05, 4.69) is 108 Å². The molecule has 6 aromatic carbocycles. The highest BCUT2D eigenvalue weighted by atomic mass is 32.1. The summed E-state index contributed by atoms with van der Waals surface area (Å²) in [7, 11) is 0. The number of nitrogens with zero attached hydrogens (tertiary/aromatic N) is 3. The van der Waals surface area contributed by atoms with Gasteiger partial charge in [0.05, 0.1) is 11.0 Å². The fourth-order valence-electron chi connectivity index (χ4n) is 6.74. The van der Waals surface area contributed by atoms with Gasteiger partial charge in [0.2, 0.25) is 0 Å². The average molecular weight is 594 g/mol. The summed E-state index contributed by atoms with van der Waals surface area (Å²) in [4.78, 5) is 10.1. The molecule has 10 aromatic rings. The molecule has 0 amide bonds. The van der Waals surface area contributed by atoms with Crippen LogP contribution in [0, 0.1) is 0 Å². The molecule has 0 fully saturated rings. The van der Waals surface area contributed by atoms with Gasteiger partial charge in [0.15, 0.2) is 11.4 Å². The van der Waals surface area contributed by atoms with E-state index in [4.69, 9.17) is 14.4 Å². The van der Waals surface area contributed by atoms with Crippen LogP contribution in [0.25, 0.3) is 92.4 Å². The van der Waals surface area contributed by atoms with Crippen LogP contribution in [0.2, 0.25) is 0 Å². The smallest absolute Gasteiger partial charge is 0.180 e. The predicted molar refractivity (Wildman–Crippen MR) is 187 cm³/mol. The Hall–Kier alpha value is -5.78. The average Bonchev–Trinajstić information content (AvgIpc) is 3.76. The number of rotatable bonds is 3. The summed E-state index contributed by atoms with van der Waals surface area (Å²) in [6.07, 6.45) is 0. The van der Waals surface area contributed by atoms with E-state index in [1.165, 1.54) is 42.0 Å². The summed E-state index contributed by atoms with van der Waals surface area (Å²) >= 11 is 1.86. The summed E-state index contributed by atoms with van der Waals surface area (Å²) in [5.74, 6) is 0.674. The van der Waals surface area contributed by atoms with Gasteiger partial charge in [0, 0.05) is 53.1 Å². The quantitative estimate of drug-likeness (QED) is 0.205. The molecule has 0 aliphatic rings. The van der Waals surface area contributed by atoms with Crippen molar-refractivity contribution in [1.29, 1.82) is 0 Å². The molecule has 45 heavy (non-hydrogen) atoms. The lowest BCUT2D eigenvalue weighted by Crippen LogP contribution is -1.96. The fourth-order valence-corrected chi connectivity index (χ4v) is 7.86. The zero-order valence-corrected chi connectivity index (χ0v) is 24.8. The van der Waals surface area contributed by atoms with Crippen molar-refractivity contribution in [1.82, 2.24) is 14.5 Å². The fraction of sp³-hybridized carbons (Fsp3) is 0. The SMILES string of the molecule is c1ccc(-c2nc(-c3ccc(-n4c5ccccc5c5cc6sc7ccccc7c6cc54)cc3)nc3c2oc2ccccc23)cc1. The van der Waals surface area contributed by atoms with Gasteiger partial charge in [-0.05, 0) is 60.7 Å². The van der Waals surface area contributed by atoms with Gasteiger partial charge in [-0.25, -0.2) is 9.97 Å². The van der Waals surface area contributed by atoms with Crippen LogP contribution in [0.4, 0.5) is 0 Å². The molecular formula is C40H23N3OS. The van der Waals surface area contributed by atoms with Crippen LogP contribution in [-0.4, -0.2) is 14.5 Å². The Morgan fingerprint density at radius 3 is 2.11 bits per heavy atom. The van der Waals surface area contributed by atoms with Gasteiger partial charge in [-0.3, -0.25) is 0 Å². The van der Waals surface area contributed by atoms with E-state index in [0.29, 0.717) is 11.4 Å². The molecule has 10 rings (SSSR count). The van der Waals surface area contributed by atoms with Crippen LogP contribution < -0.4 is 0 Å². The van der Waals surface area contributed by atoms with Gasteiger partial charge in [-0.2, -0.15) is 0 Å². The number of fused-ring (bicyclic) bond motifs is 9. The molecule has 210 valence electrons. The summed E-state index contributed by atoms with van der Waals surface area (Å²) in [6, 6.07) is 49.0. The maximum Gasteiger partial charge on any atom is 0.180 e. The van der Waals surface area contributed by atoms with E-state index in [1.807, 2.05) is 47.7 Å². The van der Waals surface area contributed by atoms with Crippen LogP contribution in [0.15, 0.2) is 144 Å². The first-order chi connectivity index (χ1) is 22.3. The van der Waals surface area contributed by atoms with E-state index in [9.17, 15) is 0 Å². The molecule has 0 N–H and O–H groups in total. The molecule has 4 aromatic heterocycles. The van der Waals surface area contributed by atoms with E-state index in [0.717, 1.165) is 39.0 Å². The van der Waals surface area contributed by atoms with Crippen LogP contribution in [-0.2, 0) is 0 Å². The number of thiophene rings is 1. The summed E-state index contributed by atoms with van der Waals surface area (Å²) in [5, 5.41) is 6.11. The van der Waals surface area contributed by atoms with E-state index in [-0.39, 0.29) is 0 Å². The third kappa shape index (κ3) is 3.65. The topological polar surface area (TPSA) is 43.9 Å². The van der Waals surface area contributed by atoms with Crippen molar-refractivity contribution >= 4 is 75.4 Å². The van der Waals surface area contributed by atoms with Gasteiger partial charge in [0.25, 0.3) is 0 Å². The Morgan fingerprint density at radius 1 is 0.511 bits per heavy atom. The Morgan fingerprint density at radius 2 is 1.24 bits per heavy atom. The molecule has 0 bridgehead atoms. The number of benzene rings is 6. The first kappa shape index (κ1) is 24.6. The molecule has 0 aliphatic heterocycles. The number of para-hydroxylation sites is 2. The Labute approximate surface area is 261 Å². The summed E-state index contributed by atoms with van der Waals surface area (Å²) < 4.78 is 11.3. The van der Waals surface area contributed by atoms with Crippen LogP contribution >= 0.6 is 11.3 Å². The van der Waals surface area contributed by atoms with Crippen LogP contribution in [0.1, 0.15) is 0 Å². The Kier molecular flexibility index (Phi) is 5.12. The van der Waals surface area contributed by atoms with E-state index < -0.39 is 0 Å². The minimum atomic E-state index is 0.674. The molecule has 0 spiro atoms. The third-order valence-corrected chi connectivity index (χ3v) is 9.96. The lowest BCUT2D eigenvalue weighted by molar-refractivity contribution is 0.667. The molecule has 0 radical (unpaired) electrons. The Bertz CT molecular complexity index is 2750. The van der Waals surface area contributed by atoms with Gasteiger partial charge in [-0.15, -0.1) is 11.3 Å². The maximum atomic E-state index is 6.30. The van der Waals surface area contributed by atoms with Gasteiger partial charge in [-0.1, -0.05) is 78.9 Å². The van der Waals surface area contributed by atoms with Gasteiger partial charge in [0.1, 0.15) is 16.8 Å². The van der Waals surface area contributed by atoms with Crippen molar-refractivity contribution in [3.05, 3.63) is 140 Å². The molecule has 0 unspecified atom stereocenters. The predicted octanol–water partition coefficient (Wildman–Crippen LogP) is 11.2. The lowest BCUT2D eigenvalue weighted by atomic mass is 10.1. The van der Waals surface area contributed by atoms with Crippen molar-refractivity contribution in [2.24, 2.45) is 0 Å². The standard InChI is InChI=1S/C40H23N3OS/c1-2-10-24(11-3-1)37-39-38(29-14-5-8-16-34(29)44-39)42-40(41-37)25-18-20-26(21-19-25)43-32-15-7-4-12-27(32)30-23-36-31(22-33(30)43)28-13-6-9-17-35(28)45-36/h1-23H. The van der Waals surface area contributed by atoms with Crippen molar-refractivity contribution in [2.45, 2.75) is 0 Å². The highest BCUT2D eigenvalue weighted by Crippen LogP contribution is 2.41. The zero-order valence-electron chi connectivity index (χ0n) is 23.9. The molecule has 0 aliphatic carbocycles. The molecular weight excluding hydrogens is 571 g/mol. The van der Waals surface area contributed by atoms with Gasteiger partial charge >= 0.3 is 0 Å². The van der Waals surface area contributed by atoms with Gasteiger partial charge < -0.3 is 8.98 Å². The second kappa shape index (κ2) is 9.36. The minimum Gasteiger partial charge on any atom is -0.452 e. The minimum absolute atomic E-state index is 0.674. The third-order valence-electron chi connectivity index (χ3n) is 8.82. The zero-order chi connectivity index (χ0) is 29.5.